The summed E-state index contributed by atoms with van der Waals surface area (Å²) in [6.07, 6.45) is 0. The molecule has 4 heteroatoms. The summed E-state index contributed by atoms with van der Waals surface area (Å²) in [5, 5.41) is 11.7. The van der Waals surface area contributed by atoms with Gasteiger partial charge in [0.25, 0.3) is 5.91 Å². The predicted molar refractivity (Wildman–Crippen MR) is 82.0 cm³/mol. The molecule has 0 fully saturated rings. The number of aromatic carboxylic acids is 1. The summed E-state index contributed by atoms with van der Waals surface area (Å²) in [5.41, 5.74) is 4.31. The van der Waals surface area contributed by atoms with E-state index in [2.05, 4.69) is 5.32 Å². The van der Waals surface area contributed by atoms with Gasteiger partial charge in [0.15, 0.2) is 0 Å². The molecule has 4 nitrogen and oxygen atoms in total. The Bertz CT molecular complexity index is 720. The van der Waals surface area contributed by atoms with E-state index < -0.39 is 5.97 Å². The summed E-state index contributed by atoms with van der Waals surface area (Å²) in [6, 6.07) is 10.1. The number of hydrogen-bond acceptors (Lipinski definition) is 2. The Balaban J connectivity index is 2.23. The van der Waals surface area contributed by atoms with Gasteiger partial charge < -0.3 is 10.4 Å². The van der Waals surface area contributed by atoms with Gasteiger partial charge in [0.1, 0.15) is 0 Å². The van der Waals surface area contributed by atoms with Gasteiger partial charge in [0.2, 0.25) is 0 Å². The van der Waals surface area contributed by atoms with Crippen LogP contribution in [0.1, 0.15) is 37.4 Å². The van der Waals surface area contributed by atoms with Crippen molar-refractivity contribution < 1.29 is 14.7 Å². The molecule has 0 spiro atoms. The van der Waals surface area contributed by atoms with Crippen molar-refractivity contribution in [3.05, 3.63) is 64.2 Å². The molecule has 108 valence electrons. The maximum absolute atomic E-state index is 12.2. The van der Waals surface area contributed by atoms with Gasteiger partial charge in [-0.3, -0.25) is 4.79 Å². The number of carboxylic acid groups (broad SMARTS) is 1. The number of benzene rings is 2. The molecule has 2 rings (SSSR count). The average Bonchev–Trinajstić information content (AvgIpc) is 2.43. The third-order valence-corrected chi connectivity index (χ3v) is 3.49. The van der Waals surface area contributed by atoms with E-state index in [4.69, 9.17) is 5.11 Å². The second-order valence-electron chi connectivity index (χ2n) is 5.09. The Kier molecular flexibility index (Phi) is 4.08. The fraction of sp³-hybridized carbons (Fsp3) is 0.176. The van der Waals surface area contributed by atoms with Crippen molar-refractivity contribution in [2.75, 3.05) is 5.32 Å². The summed E-state index contributed by atoms with van der Waals surface area (Å²) in [4.78, 5) is 23.1. The zero-order chi connectivity index (χ0) is 15.6. The summed E-state index contributed by atoms with van der Waals surface area (Å²) in [5.74, 6) is -1.19. The quantitative estimate of drug-likeness (QED) is 0.905. The molecule has 0 aliphatic rings. The first-order valence-electron chi connectivity index (χ1n) is 6.61. The van der Waals surface area contributed by atoms with Crippen LogP contribution in [0.15, 0.2) is 36.4 Å². The first-order valence-corrected chi connectivity index (χ1v) is 6.61. The lowest BCUT2D eigenvalue weighted by Crippen LogP contribution is -2.13. The normalized spacial score (nSPS) is 10.2. The minimum absolute atomic E-state index is 0.204. The van der Waals surface area contributed by atoms with Crippen LogP contribution in [0.5, 0.6) is 0 Å². The second-order valence-corrected chi connectivity index (χ2v) is 5.09. The Morgan fingerprint density at radius 1 is 0.857 bits per heavy atom. The minimum Gasteiger partial charge on any atom is -0.478 e. The van der Waals surface area contributed by atoms with E-state index in [9.17, 15) is 9.59 Å². The standard InChI is InChI=1S/C17H17NO3/c1-10-4-5-13(8-11(10)2)16(19)18-15-7-6-14(17(20)21)9-12(15)3/h4-9H,1-3H3,(H,18,19)(H,20,21). The summed E-state index contributed by atoms with van der Waals surface area (Å²) < 4.78 is 0. The third-order valence-electron chi connectivity index (χ3n) is 3.49. The lowest BCUT2D eigenvalue weighted by molar-refractivity contribution is 0.0696. The first-order chi connectivity index (χ1) is 9.88. The molecule has 0 aromatic heterocycles. The molecule has 0 saturated carbocycles. The Hall–Kier alpha value is -2.62. The highest BCUT2D eigenvalue weighted by atomic mass is 16.4. The van der Waals surface area contributed by atoms with Gasteiger partial charge in [0.05, 0.1) is 5.56 Å². The van der Waals surface area contributed by atoms with Crippen LogP contribution in [0.25, 0.3) is 0 Å². The second kappa shape index (κ2) is 5.79. The van der Waals surface area contributed by atoms with Gasteiger partial charge in [-0.25, -0.2) is 4.79 Å². The summed E-state index contributed by atoms with van der Waals surface area (Å²) >= 11 is 0. The highest BCUT2D eigenvalue weighted by molar-refractivity contribution is 6.05. The Morgan fingerprint density at radius 3 is 2.05 bits per heavy atom. The largest absolute Gasteiger partial charge is 0.478 e. The van der Waals surface area contributed by atoms with Crippen LogP contribution in [0.4, 0.5) is 5.69 Å². The molecule has 2 aromatic carbocycles. The number of aryl methyl sites for hydroxylation is 3. The van der Waals surface area contributed by atoms with Gasteiger partial charge >= 0.3 is 5.97 Å². The number of carbonyl (C=O) groups excluding carboxylic acids is 1. The van der Waals surface area contributed by atoms with Crippen molar-refractivity contribution in [2.24, 2.45) is 0 Å². The van der Waals surface area contributed by atoms with Crippen molar-refractivity contribution in [3.63, 3.8) is 0 Å². The molecular weight excluding hydrogens is 266 g/mol. The Morgan fingerprint density at radius 2 is 1.48 bits per heavy atom. The van der Waals surface area contributed by atoms with Gasteiger partial charge in [-0.05, 0) is 67.8 Å². The highest BCUT2D eigenvalue weighted by Crippen LogP contribution is 2.18. The number of carbonyl (C=O) groups is 2. The van der Waals surface area contributed by atoms with Crippen LogP contribution >= 0.6 is 0 Å². The van der Waals surface area contributed by atoms with E-state index in [0.717, 1.165) is 11.1 Å². The van der Waals surface area contributed by atoms with Crippen LogP contribution in [0.2, 0.25) is 0 Å². The van der Waals surface area contributed by atoms with Crippen molar-refractivity contribution >= 4 is 17.6 Å². The zero-order valence-electron chi connectivity index (χ0n) is 12.2. The first kappa shape index (κ1) is 14.8. The van der Waals surface area contributed by atoms with Crippen molar-refractivity contribution in [1.29, 1.82) is 0 Å². The fourth-order valence-corrected chi connectivity index (χ4v) is 2.01. The van der Waals surface area contributed by atoms with Gasteiger partial charge in [0, 0.05) is 11.3 Å². The number of nitrogens with one attached hydrogen (secondary N) is 1. The predicted octanol–water partition coefficient (Wildman–Crippen LogP) is 3.56. The summed E-state index contributed by atoms with van der Waals surface area (Å²) in [7, 11) is 0. The number of carboxylic acids is 1. The van der Waals surface area contributed by atoms with Crippen molar-refractivity contribution in [1.82, 2.24) is 0 Å². The maximum Gasteiger partial charge on any atom is 0.335 e. The monoisotopic (exact) mass is 283 g/mol. The minimum atomic E-state index is -0.981. The molecule has 0 radical (unpaired) electrons. The van der Waals surface area contributed by atoms with E-state index in [-0.39, 0.29) is 11.5 Å². The Labute approximate surface area is 123 Å². The van der Waals surface area contributed by atoms with Gasteiger partial charge in [-0.2, -0.15) is 0 Å². The van der Waals surface area contributed by atoms with Crippen LogP contribution in [-0.2, 0) is 0 Å². The lowest BCUT2D eigenvalue weighted by atomic mass is 10.1. The lowest BCUT2D eigenvalue weighted by Gasteiger charge is -2.10. The molecule has 0 atom stereocenters. The molecule has 0 unspecified atom stereocenters. The number of amides is 1. The number of anilines is 1. The zero-order valence-corrected chi connectivity index (χ0v) is 12.2. The number of hydrogen-bond donors (Lipinski definition) is 2. The van der Waals surface area contributed by atoms with Gasteiger partial charge in [-0.15, -0.1) is 0 Å². The van der Waals surface area contributed by atoms with Crippen LogP contribution < -0.4 is 5.32 Å². The SMILES string of the molecule is Cc1ccc(C(=O)Nc2ccc(C(=O)O)cc2C)cc1C. The molecule has 0 aliphatic heterocycles. The molecule has 0 saturated heterocycles. The van der Waals surface area contributed by atoms with E-state index in [1.54, 1.807) is 25.1 Å². The maximum atomic E-state index is 12.2. The van der Waals surface area contributed by atoms with E-state index in [1.165, 1.54) is 6.07 Å². The molecule has 21 heavy (non-hydrogen) atoms. The van der Waals surface area contributed by atoms with Crippen molar-refractivity contribution in [2.45, 2.75) is 20.8 Å². The molecule has 2 aromatic rings. The smallest absolute Gasteiger partial charge is 0.335 e. The molecule has 2 N–H and O–H groups in total. The van der Waals surface area contributed by atoms with Crippen LogP contribution in [0, 0.1) is 20.8 Å². The molecule has 0 aliphatic carbocycles. The average molecular weight is 283 g/mol. The summed E-state index contributed by atoms with van der Waals surface area (Å²) in [6.45, 7) is 5.72. The highest BCUT2D eigenvalue weighted by Gasteiger charge is 2.10. The fourth-order valence-electron chi connectivity index (χ4n) is 2.01. The molecule has 0 bridgehead atoms. The van der Waals surface area contributed by atoms with E-state index in [1.807, 2.05) is 26.0 Å². The van der Waals surface area contributed by atoms with E-state index in [0.29, 0.717) is 16.8 Å². The topological polar surface area (TPSA) is 66.4 Å². The molecule has 0 heterocycles. The van der Waals surface area contributed by atoms with E-state index >= 15 is 0 Å². The van der Waals surface area contributed by atoms with Crippen LogP contribution in [-0.4, -0.2) is 17.0 Å². The molecular formula is C17H17NO3. The van der Waals surface area contributed by atoms with Crippen LogP contribution in [0.3, 0.4) is 0 Å². The van der Waals surface area contributed by atoms with Crippen molar-refractivity contribution in [3.8, 4) is 0 Å². The van der Waals surface area contributed by atoms with Gasteiger partial charge in [-0.1, -0.05) is 6.07 Å². The number of rotatable bonds is 3. The molecule has 1 amide bonds. The third kappa shape index (κ3) is 3.28.